The Kier molecular flexibility index (Phi) is 3.27. The molecule has 1 unspecified atom stereocenters. The first-order valence-corrected chi connectivity index (χ1v) is 5.78. The highest BCUT2D eigenvalue weighted by atomic mass is 16.5. The summed E-state index contributed by atoms with van der Waals surface area (Å²) < 4.78 is 5.65. The molecule has 15 heavy (non-hydrogen) atoms. The summed E-state index contributed by atoms with van der Waals surface area (Å²) in [5, 5.41) is 3.35. The van der Waals surface area contributed by atoms with Gasteiger partial charge in [-0.15, -0.1) is 0 Å². The molecular weight excluding hydrogens is 186 g/mol. The molecule has 0 fully saturated rings. The van der Waals surface area contributed by atoms with Gasteiger partial charge in [-0.05, 0) is 49.6 Å². The average Bonchev–Trinajstić information content (AvgIpc) is 2.68. The van der Waals surface area contributed by atoms with Crippen LogP contribution in [0.2, 0.25) is 0 Å². The molecule has 1 atom stereocenters. The van der Waals surface area contributed by atoms with Crippen molar-refractivity contribution in [2.45, 2.75) is 32.2 Å². The summed E-state index contributed by atoms with van der Waals surface area (Å²) in [5.41, 5.74) is 2.89. The molecule has 1 N–H and O–H groups in total. The van der Waals surface area contributed by atoms with E-state index in [4.69, 9.17) is 4.74 Å². The summed E-state index contributed by atoms with van der Waals surface area (Å²) in [5.74, 6) is 1.01. The number of benzene rings is 1. The second kappa shape index (κ2) is 4.67. The van der Waals surface area contributed by atoms with E-state index in [0.717, 1.165) is 18.8 Å². The molecular formula is C13H19NO. The van der Waals surface area contributed by atoms with Crippen LogP contribution in [0.5, 0.6) is 5.75 Å². The van der Waals surface area contributed by atoms with Gasteiger partial charge in [-0.3, -0.25) is 0 Å². The lowest BCUT2D eigenvalue weighted by Gasteiger charge is -2.12. The molecule has 2 heteroatoms. The number of ether oxygens (including phenoxy) is 1. The van der Waals surface area contributed by atoms with E-state index >= 15 is 0 Å². The van der Waals surface area contributed by atoms with Crippen LogP contribution in [0.3, 0.4) is 0 Å². The average molecular weight is 205 g/mol. The predicted molar refractivity (Wildman–Crippen MR) is 62.3 cm³/mol. The lowest BCUT2D eigenvalue weighted by molar-refractivity contribution is 0.317. The number of hydrogen-bond donors (Lipinski definition) is 1. The van der Waals surface area contributed by atoms with Gasteiger partial charge in [0.2, 0.25) is 0 Å². The Bertz CT molecular complexity index is 335. The topological polar surface area (TPSA) is 21.3 Å². The zero-order valence-electron chi connectivity index (χ0n) is 9.55. The smallest absolute Gasteiger partial charge is 0.119 e. The Balaban J connectivity index is 2.17. The summed E-state index contributed by atoms with van der Waals surface area (Å²) in [6.07, 6.45) is 3.46. The van der Waals surface area contributed by atoms with Crippen LogP contribution >= 0.6 is 0 Å². The minimum Gasteiger partial charge on any atom is -0.494 e. The third kappa shape index (κ3) is 2.15. The molecule has 0 saturated heterocycles. The first kappa shape index (κ1) is 10.5. The summed E-state index contributed by atoms with van der Waals surface area (Å²) in [7, 11) is 2.03. The fourth-order valence-electron chi connectivity index (χ4n) is 2.19. The normalized spacial score (nSPS) is 18.9. The summed E-state index contributed by atoms with van der Waals surface area (Å²) in [6.45, 7) is 2.94. The largest absolute Gasteiger partial charge is 0.494 e. The molecule has 0 radical (unpaired) electrons. The van der Waals surface area contributed by atoms with E-state index in [1.807, 2.05) is 7.05 Å². The molecule has 82 valence electrons. The molecule has 0 bridgehead atoms. The van der Waals surface area contributed by atoms with E-state index in [1.54, 1.807) is 0 Å². The van der Waals surface area contributed by atoms with Gasteiger partial charge in [0.05, 0.1) is 6.61 Å². The fraction of sp³-hybridized carbons (Fsp3) is 0.538. The van der Waals surface area contributed by atoms with Crippen LogP contribution in [-0.2, 0) is 6.42 Å². The maximum absolute atomic E-state index is 5.65. The van der Waals surface area contributed by atoms with Gasteiger partial charge in [-0.25, -0.2) is 0 Å². The molecule has 0 heterocycles. The van der Waals surface area contributed by atoms with E-state index in [-0.39, 0.29) is 0 Å². The fourth-order valence-corrected chi connectivity index (χ4v) is 2.19. The number of nitrogens with one attached hydrogen (secondary N) is 1. The third-order valence-electron chi connectivity index (χ3n) is 3.02. The standard InChI is InChI=1S/C13H19NO/c1-3-8-15-11-6-4-10-5-7-13(14-2)12(10)9-11/h4,6,9,13-14H,3,5,7-8H2,1-2H3. The Morgan fingerprint density at radius 3 is 3.07 bits per heavy atom. The zero-order valence-corrected chi connectivity index (χ0v) is 9.55. The van der Waals surface area contributed by atoms with Crippen molar-refractivity contribution in [3.63, 3.8) is 0 Å². The summed E-state index contributed by atoms with van der Waals surface area (Å²) in [6, 6.07) is 7.01. The van der Waals surface area contributed by atoms with Crippen LogP contribution in [0.1, 0.15) is 36.9 Å². The van der Waals surface area contributed by atoms with Crippen molar-refractivity contribution < 1.29 is 4.74 Å². The molecule has 0 aromatic heterocycles. The first-order chi connectivity index (χ1) is 7.35. The minimum atomic E-state index is 0.519. The van der Waals surface area contributed by atoms with Gasteiger partial charge >= 0.3 is 0 Å². The summed E-state index contributed by atoms with van der Waals surface area (Å²) >= 11 is 0. The van der Waals surface area contributed by atoms with Gasteiger partial charge in [0.25, 0.3) is 0 Å². The van der Waals surface area contributed by atoms with Crippen LogP contribution < -0.4 is 10.1 Å². The van der Waals surface area contributed by atoms with E-state index in [1.165, 1.54) is 24.0 Å². The molecule has 2 nitrogen and oxygen atoms in total. The van der Waals surface area contributed by atoms with Crippen LogP contribution in [0, 0.1) is 0 Å². The van der Waals surface area contributed by atoms with Crippen LogP contribution in [0.25, 0.3) is 0 Å². The SMILES string of the molecule is CCCOc1ccc2c(c1)C(NC)CC2. The maximum atomic E-state index is 5.65. The van der Waals surface area contributed by atoms with E-state index < -0.39 is 0 Å². The van der Waals surface area contributed by atoms with Gasteiger partial charge in [-0.2, -0.15) is 0 Å². The monoisotopic (exact) mass is 205 g/mol. The van der Waals surface area contributed by atoms with Crippen molar-refractivity contribution in [1.82, 2.24) is 5.32 Å². The molecule has 1 aromatic rings. The Labute approximate surface area is 91.6 Å². The van der Waals surface area contributed by atoms with Crippen LogP contribution in [0.15, 0.2) is 18.2 Å². The van der Waals surface area contributed by atoms with Crippen molar-refractivity contribution in [2.75, 3.05) is 13.7 Å². The van der Waals surface area contributed by atoms with E-state index in [9.17, 15) is 0 Å². The molecule has 1 aromatic carbocycles. The highest BCUT2D eigenvalue weighted by molar-refractivity contribution is 5.40. The van der Waals surface area contributed by atoms with Gasteiger partial charge in [0.15, 0.2) is 0 Å². The number of hydrogen-bond acceptors (Lipinski definition) is 2. The Morgan fingerprint density at radius 2 is 2.33 bits per heavy atom. The second-order valence-electron chi connectivity index (χ2n) is 4.09. The van der Waals surface area contributed by atoms with Gasteiger partial charge in [0.1, 0.15) is 5.75 Å². The minimum absolute atomic E-state index is 0.519. The first-order valence-electron chi connectivity index (χ1n) is 5.78. The van der Waals surface area contributed by atoms with Gasteiger partial charge in [0, 0.05) is 6.04 Å². The lowest BCUT2D eigenvalue weighted by atomic mass is 10.1. The molecule has 0 spiro atoms. The number of fused-ring (bicyclic) bond motifs is 1. The maximum Gasteiger partial charge on any atom is 0.119 e. The number of aryl methyl sites for hydroxylation is 1. The highest BCUT2D eigenvalue weighted by Gasteiger charge is 2.21. The molecule has 0 saturated carbocycles. The van der Waals surface area contributed by atoms with Crippen molar-refractivity contribution in [3.8, 4) is 5.75 Å². The Hall–Kier alpha value is -1.02. The highest BCUT2D eigenvalue weighted by Crippen LogP contribution is 2.33. The van der Waals surface area contributed by atoms with E-state index in [0.29, 0.717) is 6.04 Å². The second-order valence-corrected chi connectivity index (χ2v) is 4.09. The summed E-state index contributed by atoms with van der Waals surface area (Å²) in [4.78, 5) is 0. The molecule has 1 aliphatic rings. The molecule has 0 amide bonds. The molecule has 1 aliphatic carbocycles. The van der Waals surface area contributed by atoms with Crippen molar-refractivity contribution >= 4 is 0 Å². The molecule has 2 rings (SSSR count). The third-order valence-corrected chi connectivity index (χ3v) is 3.02. The van der Waals surface area contributed by atoms with Gasteiger partial charge in [-0.1, -0.05) is 13.0 Å². The van der Waals surface area contributed by atoms with Crippen LogP contribution in [0.4, 0.5) is 0 Å². The quantitative estimate of drug-likeness (QED) is 0.816. The predicted octanol–water partition coefficient (Wildman–Crippen LogP) is 2.68. The lowest BCUT2D eigenvalue weighted by Crippen LogP contribution is -2.12. The van der Waals surface area contributed by atoms with Crippen molar-refractivity contribution in [3.05, 3.63) is 29.3 Å². The van der Waals surface area contributed by atoms with Crippen molar-refractivity contribution in [2.24, 2.45) is 0 Å². The zero-order chi connectivity index (χ0) is 10.7. The number of rotatable bonds is 4. The molecule has 0 aliphatic heterocycles. The van der Waals surface area contributed by atoms with Gasteiger partial charge < -0.3 is 10.1 Å². The Morgan fingerprint density at radius 1 is 1.47 bits per heavy atom. The van der Waals surface area contributed by atoms with Crippen LogP contribution in [-0.4, -0.2) is 13.7 Å². The van der Waals surface area contributed by atoms with E-state index in [2.05, 4.69) is 30.4 Å². The van der Waals surface area contributed by atoms with Crippen molar-refractivity contribution in [1.29, 1.82) is 0 Å².